The van der Waals surface area contributed by atoms with E-state index >= 15 is 0 Å². The molecule has 0 aromatic heterocycles. The van der Waals surface area contributed by atoms with Gasteiger partial charge in [-0.2, -0.15) is 0 Å². The van der Waals surface area contributed by atoms with E-state index in [-0.39, 0.29) is 0 Å². The minimum absolute atomic E-state index is 0.533. The molecule has 0 bridgehead atoms. The van der Waals surface area contributed by atoms with E-state index in [0.29, 0.717) is 0 Å². The molecule has 0 saturated heterocycles. The lowest BCUT2D eigenvalue weighted by Crippen LogP contribution is -2.40. The summed E-state index contributed by atoms with van der Waals surface area (Å²) < 4.78 is 13.2. The largest absolute Gasteiger partial charge is 0.634 e. The van der Waals surface area contributed by atoms with E-state index in [1.54, 1.807) is 0 Å². The van der Waals surface area contributed by atoms with Crippen LogP contribution in [0.15, 0.2) is 121 Å². The summed E-state index contributed by atoms with van der Waals surface area (Å²) in [5.41, 5.74) is 4.84. The highest BCUT2D eigenvalue weighted by Gasteiger charge is 2.38. The van der Waals surface area contributed by atoms with Gasteiger partial charge in [0.2, 0.25) is 0 Å². The van der Waals surface area contributed by atoms with Gasteiger partial charge in [-0.15, -0.1) is 0 Å². The highest BCUT2D eigenvalue weighted by Crippen LogP contribution is 2.43. The van der Waals surface area contributed by atoms with E-state index in [2.05, 4.69) is 116 Å². The summed E-state index contributed by atoms with van der Waals surface area (Å²) >= 11 is 0. The van der Waals surface area contributed by atoms with Crippen molar-refractivity contribution in [1.82, 2.24) is 0 Å². The van der Waals surface area contributed by atoms with Gasteiger partial charge in [0.05, 0.1) is 0 Å². The molecule has 0 fully saturated rings. The highest BCUT2D eigenvalue weighted by atomic mass is 16.6. The van der Waals surface area contributed by atoms with Crippen molar-refractivity contribution in [3.8, 4) is 22.6 Å². The molecule has 2 nitrogen and oxygen atoms in total. The third-order valence-corrected chi connectivity index (χ3v) is 7.92. The van der Waals surface area contributed by atoms with Gasteiger partial charge in [-0.1, -0.05) is 115 Å². The number of rotatable bonds is 2. The van der Waals surface area contributed by atoms with Crippen molar-refractivity contribution >= 4 is 55.7 Å². The van der Waals surface area contributed by atoms with Gasteiger partial charge in [-0.05, 0) is 67.4 Å². The molecule has 0 amide bonds. The molecular weight excluding hydrogens is 463 g/mol. The molecule has 178 valence electrons. The summed E-state index contributed by atoms with van der Waals surface area (Å²) in [6.07, 6.45) is 0. The minimum atomic E-state index is -0.533. The van der Waals surface area contributed by atoms with Crippen LogP contribution in [0.4, 0.5) is 0 Å². The summed E-state index contributed by atoms with van der Waals surface area (Å²) in [6.45, 7) is 2.18. The second-order valence-electron chi connectivity index (χ2n) is 10.0. The van der Waals surface area contributed by atoms with Gasteiger partial charge in [-0.3, -0.25) is 0 Å². The lowest BCUT2D eigenvalue weighted by atomic mass is 9.71. The van der Waals surface area contributed by atoms with Crippen LogP contribution in [0.25, 0.3) is 54.2 Å². The van der Waals surface area contributed by atoms with Crippen molar-refractivity contribution in [2.45, 2.75) is 6.92 Å². The van der Waals surface area contributed by atoms with Crippen LogP contribution in [0, 0.1) is 6.92 Å². The number of hydrogen-bond donors (Lipinski definition) is 0. The van der Waals surface area contributed by atoms with Gasteiger partial charge >= 0.3 is 7.12 Å². The van der Waals surface area contributed by atoms with Crippen LogP contribution in [0.3, 0.4) is 0 Å². The molecule has 8 rings (SSSR count). The van der Waals surface area contributed by atoms with Crippen LogP contribution in [0.2, 0.25) is 0 Å². The van der Waals surface area contributed by atoms with Crippen LogP contribution in [-0.2, 0) is 0 Å². The second-order valence-corrected chi connectivity index (χ2v) is 10.0. The summed E-state index contributed by atoms with van der Waals surface area (Å²) in [5.74, 6) is 1.60. The average Bonchev–Trinajstić information content (AvgIpc) is 3.41. The Hall–Kier alpha value is -4.76. The summed E-state index contributed by atoms with van der Waals surface area (Å²) in [5, 5.41) is 9.46. The first-order valence-electron chi connectivity index (χ1n) is 13.0. The Bertz CT molecular complexity index is 2000. The van der Waals surface area contributed by atoms with Crippen molar-refractivity contribution in [3.63, 3.8) is 0 Å². The molecule has 1 aliphatic heterocycles. The Kier molecular flexibility index (Phi) is 4.56. The van der Waals surface area contributed by atoms with Crippen molar-refractivity contribution in [3.05, 3.63) is 127 Å². The third kappa shape index (κ3) is 3.02. The summed E-state index contributed by atoms with van der Waals surface area (Å²) in [6, 6.07) is 43.0. The van der Waals surface area contributed by atoms with Crippen LogP contribution in [0.1, 0.15) is 5.56 Å². The zero-order valence-electron chi connectivity index (χ0n) is 20.9. The van der Waals surface area contributed by atoms with Crippen molar-refractivity contribution < 1.29 is 9.31 Å². The Morgan fingerprint density at radius 1 is 0.474 bits per heavy atom. The van der Waals surface area contributed by atoms with Crippen molar-refractivity contribution in [2.24, 2.45) is 0 Å². The molecule has 0 aliphatic carbocycles. The van der Waals surface area contributed by atoms with E-state index in [4.69, 9.17) is 9.31 Å². The van der Waals surface area contributed by atoms with Crippen LogP contribution in [-0.4, -0.2) is 7.12 Å². The standard InChI is InChI=1S/C35H23BO2/c1-22-18-20-29(26-13-5-4-11-24(22)26)33-27-14-6-8-16-30(27)34(31-17-9-7-15-28(31)33)36-37-32-21-19-23-10-2-3-12-25(23)35(32)38-36/h2-21H,1H3. The van der Waals surface area contributed by atoms with Gasteiger partial charge in [0, 0.05) is 10.8 Å². The van der Waals surface area contributed by atoms with Crippen LogP contribution < -0.4 is 14.8 Å². The van der Waals surface area contributed by atoms with E-state index in [9.17, 15) is 0 Å². The van der Waals surface area contributed by atoms with Gasteiger partial charge in [-0.25, -0.2) is 0 Å². The molecule has 0 atom stereocenters. The Labute approximate surface area is 221 Å². The zero-order chi connectivity index (χ0) is 25.2. The molecular formula is C35H23BO2. The first kappa shape index (κ1) is 21.3. The molecule has 0 N–H and O–H groups in total. The van der Waals surface area contributed by atoms with E-state index in [1.165, 1.54) is 38.2 Å². The fraction of sp³-hybridized carbons (Fsp3) is 0.0286. The first-order valence-corrected chi connectivity index (χ1v) is 13.0. The molecule has 1 aliphatic rings. The second kappa shape index (κ2) is 8.12. The quantitative estimate of drug-likeness (QED) is 0.180. The lowest BCUT2D eigenvalue weighted by molar-refractivity contribution is 0.521. The Morgan fingerprint density at radius 2 is 1.05 bits per heavy atom. The van der Waals surface area contributed by atoms with E-state index in [1.807, 2.05) is 12.1 Å². The molecule has 38 heavy (non-hydrogen) atoms. The third-order valence-electron chi connectivity index (χ3n) is 7.92. The predicted octanol–water partition coefficient (Wildman–Crippen LogP) is 8.44. The number of fused-ring (bicyclic) bond motifs is 6. The number of aryl methyl sites for hydroxylation is 1. The average molecular weight is 486 g/mol. The van der Waals surface area contributed by atoms with Gasteiger partial charge in [0.15, 0.2) is 5.75 Å². The monoisotopic (exact) mass is 486 g/mol. The SMILES string of the molecule is Cc1ccc(-c2c3ccccc3c(B3Oc4ccc5ccccc5c4O3)c3ccccc23)c2ccccc12. The number of benzene rings is 7. The highest BCUT2D eigenvalue weighted by molar-refractivity contribution is 6.70. The van der Waals surface area contributed by atoms with Gasteiger partial charge < -0.3 is 9.31 Å². The van der Waals surface area contributed by atoms with Gasteiger partial charge in [0.1, 0.15) is 5.75 Å². The topological polar surface area (TPSA) is 18.5 Å². The summed E-state index contributed by atoms with van der Waals surface area (Å²) in [4.78, 5) is 0. The summed E-state index contributed by atoms with van der Waals surface area (Å²) in [7, 11) is -0.533. The fourth-order valence-electron chi connectivity index (χ4n) is 6.18. The normalized spacial score (nSPS) is 12.7. The van der Waals surface area contributed by atoms with Crippen LogP contribution in [0.5, 0.6) is 11.5 Å². The first-order chi connectivity index (χ1) is 18.8. The maximum atomic E-state index is 6.63. The van der Waals surface area contributed by atoms with Crippen LogP contribution >= 0.6 is 0 Å². The van der Waals surface area contributed by atoms with E-state index in [0.717, 1.165) is 38.5 Å². The molecule has 0 radical (unpaired) electrons. The van der Waals surface area contributed by atoms with Gasteiger partial charge in [0.25, 0.3) is 0 Å². The smallest absolute Gasteiger partial charge is 0.519 e. The zero-order valence-corrected chi connectivity index (χ0v) is 20.9. The predicted molar refractivity (Wildman–Crippen MR) is 160 cm³/mol. The molecule has 7 aromatic rings. The van der Waals surface area contributed by atoms with Crippen molar-refractivity contribution in [2.75, 3.05) is 0 Å². The molecule has 0 spiro atoms. The van der Waals surface area contributed by atoms with E-state index < -0.39 is 7.12 Å². The fourth-order valence-corrected chi connectivity index (χ4v) is 6.18. The number of hydrogen-bond acceptors (Lipinski definition) is 2. The molecule has 1 heterocycles. The molecule has 0 saturated carbocycles. The Morgan fingerprint density at radius 3 is 1.76 bits per heavy atom. The molecule has 3 heteroatoms. The lowest BCUT2D eigenvalue weighted by Gasteiger charge is -2.19. The maximum absolute atomic E-state index is 6.63. The minimum Gasteiger partial charge on any atom is -0.519 e. The Balaban J connectivity index is 1.43. The maximum Gasteiger partial charge on any atom is 0.634 e. The molecule has 0 unspecified atom stereocenters. The van der Waals surface area contributed by atoms with Crippen molar-refractivity contribution in [1.29, 1.82) is 0 Å². The molecule has 7 aromatic carbocycles.